The van der Waals surface area contributed by atoms with Crippen molar-refractivity contribution in [1.82, 2.24) is 9.97 Å². The SMILES string of the molecule is Cc1cc(Nc2cc(C#N)ccc2C)nc(Cl)n1. The van der Waals surface area contributed by atoms with Crippen molar-refractivity contribution >= 4 is 23.1 Å². The number of hydrogen-bond acceptors (Lipinski definition) is 4. The second-order valence-electron chi connectivity index (χ2n) is 3.93. The topological polar surface area (TPSA) is 61.6 Å². The number of aryl methyl sites for hydroxylation is 2. The van der Waals surface area contributed by atoms with Gasteiger partial charge in [-0.3, -0.25) is 0 Å². The van der Waals surface area contributed by atoms with E-state index in [1.807, 2.05) is 19.9 Å². The van der Waals surface area contributed by atoms with Crippen LogP contribution in [0.4, 0.5) is 11.5 Å². The van der Waals surface area contributed by atoms with Gasteiger partial charge in [-0.15, -0.1) is 0 Å². The van der Waals surface area contributed by atoms with Crippen LogP contribution in [-0.2, 0) is 0 Å². The standard InChI is InChI=1S/C13H11ClN4/c1-8-3-4-10(7-15)6-11(8)17-12-5-9(2)16-13(14)18-12/h3-6H,1-2H3,(H,16,17,18). The molecule has 0 amide bonds. The highest BCUT2D eigenvalue weighted by atomic mass is 35.5. The molecule has 1 N–H and O–H groups in total. The second-order valence-corrected chi connectivity index (χ2v) is 4.27. The largest absolute Gasteiger partial charge is 0.340 e. The summed E-state index contributed by atoms with van der Waals surface area (Å²) in [7, 11) is 0. The van der Waals surface area contributed by atoms with E-state index < -0.39 is 0 Å². The molecule has 0 aliphatic rings. The molecular weight excluding hydrogens is 248 g/mol. The molecule has 0 fully saturated rings. The van der Waals surface area contributed by atoms with Gasteiger partial charge in [0.05, 0.1) is 11.6 Å². The molecule has 2 rings (SSSR count). The van der Waals surface area contributed by atoms with Crippen LogP contribution in [0.25, 0.3) is 0 Å². The van der Waals surface area contributed by atoms with Crippen molar-refractivity contribution in [3.8, 4) is 6.07 Å². The molecule has 0 saturated carbocycles. The summed E-state index contributed by atoms with van der Waals surface area (Å²) in [5.41, 5.74) is 3.25. The van der Waals surface area contributed by atoms with Crippen molar-refractivity contribution in [2.45, 2.75) is 13.8 Å². The van der Waals surface area contributed by atoms with Crippen LogP contribution in [0.2, 0.25) is 5.28 Å². The molecule has 2 aromatic rings. The Hall–Kier alpha value is -2.12. The van der Waals surface area contributed by atoms with Gasteiger partial charge in [0.25, 0.3) is 0 Å². The molecule has 1 heterocycles. The number of hydrogen-bond donors (Lipinski definition) is 1. The Morgan fingerprint density at radius 3 is 2.67 bits per heavy atom. The van der Waals surface area contributed by atoms with Crippen molar-refractivity contribution in [2.24, 2.45) is 0 Å². The normalized spacial score (nSPS) is 9.89. The van der Waals surface area contributed by atoms with Crippen LogP contribution in [0.5, 0.6) is 0 Å². The zero-order valence-corrected chi connectivity index (χ0v) is 10.8. The fraction of sp³-hybridized carbons (Fsp3) is 0.154. The number of aromatic nitrogens is 2. The van der Waals surface area contributed by atoms with Gasteiger partial charge in [-0.05, 0) is 43.1 Å². The Bertz CT molecular complexity index is 611. The summed E-state index contributed by atoms with van der Waals surface area (Å²) >= 11 is 5.80. The van der Waals surface area contributed by atoms with Crippen LogP contribution < -0.4 is 5.32 Å². The van der Waals surface area contributed by atoms with E-state index in [-0.39, 0.29) is 5.28 Å². The molecule has 0 aliphatic heterocycles. The fourth-order valence-electron chi connectivity index (χ4n) is 1.56. The Morgan fingerprint density at radius 1 is 1.22 bits per heavy atom. The van der Waals surface area contributed by atoms with Crippen LogP contribution in [0.1, 0.15) is 16.8 Å². The number of nitriles is 1. The molecule has 0 unspecified atom stereocenters. The van der Waals surface area contributed by atoms with Crippen molar-refractivity contribution in [3.05, 3.63) is 46.4 Å². The smallest absolute Gasteiger partial charge is 0.224 e. The van der Waals surface area contributed by atoms with E-state index in [0.29, 0.717) is 11.4 Å². The lowest BCUT2D eigenvalue weighted by Crippen LogP contribution is -1.98. The van der Waals surface area contributed by atoms with Crippen LogP contribution in [-0.4, -0.2) is 9.97 Å². The van der Waals surface area contributed by atoms with E-state index in [2.05, 4.69) is 21.4 Å². The zero-order chi connectivity index (χ0) is 13.1. The summed E-state index contributed by atoms with van der Waals surface area (Å²) in [6, 6.07) is 9.34. The van der Waals surface area contributed by atoms with Crippen molar-refractivity contribution in [1.29, 1.82) is 5.26 Å². The molecule has 5 heteroatoms. The third-order valence-electron chi connectivity index (χ3n) is 2.46. The minimum absolute atomic E-state index is 0.201. The maximum absolute atomic E-state index is 8.88. The highest BCUT2D eigenvalue weighted by Gasteiger charge is 2.04. The fourth-order valence-corrected chi connectivity index (χ4v) is 1.78. The van der Waals surface area contributed by atoms with E-state index in [1.165, 1.54) is 0 Å². The summed E-state index contributed by atoms with van der Waals surface area (Å²) < 4.78 is 0. The number of nitrogens with zero attached hydrogens (tertiary/aromatic N) is 3. The second kappa shape index (κ2) is 5.03. The van der Waals surface area contributed by atoms with E-state index in [4.69, 9.17) is 16.9 Å². The number of anilines is 2. The lowest BCUT2D eigenvalue weighted by molar-refractivity contribution is 1.10. The van der Waals surface area contributed by atoms with Crippen molar-refractivity contribution in [3.63, 3.8) is 0 Å². The highest BCUT2D eigenvalue weighted by molar-refractivity contribution is 6.28. The molecule has 0 aliphatic carbocycles. The van der Waals surface area contributed by atoms with Crippen LogP contribution in [0.15, 0.2) is 24.3 Å². The van der Waals surface area contributed by atoms with Crippen LogP contribution in [0, 0.1) is 25.2 Å². The third-order valence-corrected chi connectivity index (χ3v) is 2.63. The van der Waals surface area contributed by atoms with E-state index in [0.717, 1.165) is 16.9 Å². The van der Waals surface area contributed by atoms with Crippen molar-refractivity contribution in [2.75, 3.05) is 5.32 Å². The summed E-state index contributed by atoms with van der Waals surface area (Å²) in [4.78, 5) is 8.08. The molecule has 0 bridgehead atoms. The third kappa shape index (κ3) is 2.76. The monoisotopic (exact) mass is 258 g/mol. The molecule has 18 heavy (non-hydrogen) atoms. The molecule has 1 aromatic heterocycles. The van der Waals surface area contributed by atoms with Crippen molar-refractivity contribution < 1.29 is 0 Å². The first kappa shape index (κ1) is 12.3. The molecule has 0 spiro atoms. The Balaban J connectivity index is 2.36. The Morgan fingerprint density at radius 2 is 2.00 bits per heavy atom. The summed E-state index contributed by atoms with van der Waals surface area (Å²) in [6.45, 7) is 3.80. The molecule has 1 aromatic carbocycles. The number of nitrogens with one attached hydrogen (secondary N) is 1. The van der Waals surface area contributed by atoms with Gasteiger partial charge in [-0.25, -0.2) is 9.97 Å². The average Bonchev–Trinajstić information content (AvgIpc) is 2.30. The van der Waals surface area contributed by atoms with Crippen LogP contribution in [0.3, 0.4) is 0 Å². The molecule has 90 valence electrons. The first-order valence-electron chi connectivity index (χ1n) is 5.37. The lowest BCUT2D eigenvalue weighted by Gasteiger charge is -2.09. The number of benzene rings is 1. The average molecular weight is 259 g/mol. The molecular formula is C13H11ClN4. The summed E-state index contributed by atoms with van der Waals surface area (Å²) in [5, 5.41) is 12.2. The van der Waals surface area contributed by atoms with Gasteiger partial charge in [0.15, 0.2) is 0 Å². The molecule has 0 radical (unpaired) electrons. The van der Waals surface area contributed by atoms with Gasteiger partial charge in [0.1, 0.15) is 5.82 Å². The predicted molar refractivity (Wildman–Crippen MR) is 71.0 cm³/mol. The number of halogens is 1. The van der Waals surface area contributed by atoms with Gasteiger partial charge >= 0.3 is 0 Å². The van der Waals surface area contributed by atoms with Gasteiger partial charge < -0.3 is 5.32 Å². The van der Waals surface area contributed by atoms with Gasteiger partial charge in [0.2, 0.25) is 5.28 Å². The predicted octanol–water partition coefficient (Wildman–Crippen LogP) is 3.36. The lowest BCUT2D eigenvalue weighted by atomic mass is 10.1. The van der Waals surface area contributed by atoms with E-state index >= 15 is 0 Å². The van der Waals surface area contributed by atoms with Gasteiger partial charge in [0, 0.05) is 17.4 Å². The zero-order valence-electron chi connectivity index (χ0n) is 10.0. The Kier molecular flexibility index (Phi) is 3.45. The maximum Gasteiger partial charge on any atom is 0.224 e. The maximum atomic E-state index is 8.88. The highest BCUT2D eigenvalue weighted by Crippen LogP contribution is 2.21. The minimum Gasteiger partial charge on any atom is -0.340 e. The van der Waals surface area contributed by atoms with Crippen LogP contribution >= 0.6 is 11.6 Å². The minimum atomic E-state index is 0.201. The first-order valence-corrected chi connectivity index (χ1v) is 5.75. The summed E-state index contributed by atoms with van der Waals surface area (Å²) in [5.74, 6) is 0.616. The Labute approximate surface area is 110 Å². The van der Waals surface area contributed by atoms with Gasteiger partial charge in [-0.2, -0.15) is 5.26 Å². The molecule has 0 saturated heterocycles. The number of rotatable bonds is 2. The quantitative estimate of drug-likeness (QED) is 0.839. The van der Waals surface area contributed by atoms with E-state index in [9.17, 15) is 0 Å². The first-order chi connectivity index (χ1) is 8.58. The summed E-state index contributed by atoms with van der Waals surface area (Å²) in [6.07, 6.45) is 0. The van der Waals surface area contributed by atoms with Gasteiger partial charge in [-0.1, -0.05) is 6.07 Å². The molecule has 4 nitrogen and oxygen atoms in total. The van der Waals surface area contributed by atoms with E-state index in [1.54, 1.807) is 18.2 Å². The molecule has 0 atom stereocenters.